The van der Waals surface area contributed by atoms with Crippen molar-refractivity contribution in [3.05, 3.63) is 10.9 Å². The van der Waals surface area contributed by atoms with Crippen LogP contribution in [0.1, 0.15) is 32.1 Å². The van der Waals surface area contributed by atoms with Gasteiger partial charge in [0.2, 0.25) is 5.95 Å². The number of rotatable bonds is 8. The van der Waals surface area contributed by atoms with Gasteiger partial charge in [-0.3, -0.25) is 0 Å². The minimum Gasteiger partial charge on any atom is -0.367 e. The maximum atomic E-state index is 4.65. The molecule has 1 unspecified atom stereocenters. The van der Waals surface area contributed by atoms with Crippen molar-refractivity contribution in [2.24, 2.45) is 0 Å². The van der Waals surface area contributed by atoms with Crippen LogP contribution in [0, 0.1) is 0 Å². The maximum absolute atomic E-state index is 4.65. The number of nitrogens with zero attached hydrogens (tertiary/aromatic N) is 2. The van der Waals surface area contributed by atoms with Crippen LogP contribution in [0.3, 0.4) is 0 Å². The molecule has 0 radical (unpaired) electrons. The van der Waals surface area contributed by atoms with Crippen LogP contribution in [-0.2, 0) is 6.42 Å². The van der Waals surface area contributed by atoms with E-state index in [4.69, 9.17) is 0 Å². The molecule has 0 saturated carbocycles. The van der Waals surface area contributed by atoms with Gasteiger partial charge in [-0.2, -0.15) is 16.7 Å². The number of hydrogen-bond acceptors (Lipinski definition) is 6. The smallest absolute Gasteiger partial charge is 0.226 e. The summed E-state index contributed by atoms with van der Waals surface area (Å²) >= 11 is 3.64. The third-order valence-corrected chi connectivity index (χ3v) is 5.08. The van der Waals surface area contributed by atoms with Crippen molar-refractivity contribution in [3.8, 4) is 0 Å². The summed E-state index contributed by atoms with van der Waals surface area (Å²) in [6, 6.07) is 2.63. The highest BCUT2D eigenvalue weighted by Gasteiger charge is 2.13. The molecule has 0 aromatic carbocycles. The van der Waals surface area contributed by atoms with Crippen LogP contribution in [0.4, 0.5) is 11.8 Å². The van der Waals surface area contributed by atoms with E-state index < -0.39 is 0 Å². The molecule has 2 N–H and O–H groups in total. The summed E-state index contributed by atoms with van der Waals surface area (Å²) in [4.78, 5) is 11.7. The first-order valence-corrected chi connectivity index (χ1v) is 9.68. The first kappa shape index (κ1) is 16.4. The lowest BCUT2D eigenvalue weighted by atomic mass is 10.2. The lowest BCUT2D eigenvalue weighted by Crippen LogP contribution is -2.17. The van der Waals surface area contributed by atoms with Gasteiger partial charge in [0.25, 0.3) is 0 Å². The van der Waals surface area contributed by atoms with Crippen molar-refractivity contribution in [2.75, 3.05) is 29.2 Å². The number of anilines is 2. The topological polar surface area (TPSA) is 49.8 Å². The number of thioether (sulfide) groups is 1. The second-order valence-corrected chi connectivity index (χ2v) is 7.14. The molecule has 0 fully saturated rings. The Balaban J connectivity index is 2.31. The average Bonchev–Trinajstić information content (AvgIpc) is 2.89. The molecule has 116 valence electrons. The van der Waals surface area contributed by atoms with Gasteiger partial charge in [-0.15, -0.1) is 11.3 Å². The Hall–Kier alpha value is -1.01. The molecule has 0 bridgehead atoms. The summed E-state index contributed by atoms with van der Waals surface area (Å²) < 4.78 is 0. The van der Waals surface area contributed by atoms with Gasteiger partial charge < -0.3 is 10.6 Å². The van der Waals surface area contributed by atoms with Crippen molar-refractivity contribution in [1.82, 2.24) is 9.97 Å². The normalized spacial score (nSPS) is 12.6. The summed E-state index contributed by atoms with van der Waals surface area (Å²) in [7, 11) is 0. The molecule has 0 amide bonds. The Morgan fingerprint density at radius 1 is 1.33 bits per heavy atom. The standard InChI is InChI=1S/C15H24N4S2/c1-5-11-9-12-13(17-10(3)7-8-20-4)18-15(16-6-2)19-14(12)21-11/h9-10H,5-8H2,1-4H3,(H2,16,17,18,19). The summed E-state index contributed by atoms with van der Waals surface area (Å²) in [5.41, 5.74) is 0. The number of aromatic nitrogens is 2. The van der Waals surface area contributed by atoms with E-state index in [-0.39, 0.29) is 0 Å². The van der Waals surface area contributed by atoms with Gasteiger partial charge >= 0.3 is 0 Å². The third kappa shape index (κ3) is 4.23. The highest BCUT2D eigenvalue weighted by molar-refractivity contribution is 7.98. The van der Waals surface area contributed by atoms with E-state index in [0.29, 0.717) is 12.0 Å². The van der Waals surface area contributed by atoms with E-state index >= 15 is 0 Å². The Kier molecular flexibility index (Phi) is 6.11. The van der Waals surface area contributed by atoms with Gasteiger partial charge in [-0.1, -0.05) is 6.92 Å². The zero-order valence-electron chi connectivity index (χ0n) is 13.2. The van der Waals surface area contributed by atoms with Crippen LogP contribution >= 0.6 is 23.1 Å². The third-order valence-electron chi connectivity index (χ3n) is 3.27. The molecule has 2 aromatic heterocycles. The van der Waals surface area contributed by atoms with Crippen molar-refractivity contribution < 1.29 is 0 Å². The van der Waals surface area contributed by atoms with Crippen LogP contribution in [-0.4, -0.2) is 34.6 Å². The zero-order valence-corrected chi connectivity index (χ0v) is 14.8. The molecule has 2 aromatic rings. The predicted octanol–water partition coefficient (Wildman–Crippen LogP) is 4.24. The summed E-state index contributed by atoms with van der Waals surface area (Å²) in [6.45, 7) is 7.29. The van der Waals surface area contributed by atoms with Crippen LogP contribution in [0.5, 0.6) is 0 Å². The monoisotopic (exact) mass is 324 g/mol. The number of thiophene rings is 1. The molecule has 4 nitrogen and oxygen atoms in total. The van der Waals surface area contributed by atoms with E-state index in [9.17, 15) is 0 Å². The Morgan fingerprint density at radius 2 is 2.14 bits per heavy atom. The fraction of sp³-hybridized carbons (Fsp3) is 0.600. The lowest BCUT2D eigenvalue weighted by molar-refractivity contribution is 0.768. The lowest BCUT2D eigenvalue weighted by Gasteiger charge is -2.15. The largest absolute Gasteiger partial charge is 0.367 e. The molecule has 1 atom stereocenters. The van der Waals surface area contributed by atoms with Crippen molar-refractivity contribution in [3.63, 3.8) is 0 Å². The highest BCUT2D eigenvalue weighted by Crippen LogP contribution is 2.30. The maximum Gasteiger partial charge on any atom is 0.226 e. The molecule has 2 heterocycles. The number of hydrogen-bond donors (Lipinski definition) is 2. The van der Waals surface area contributed by atoms with Gasteiger partial charge in [0, 0.05) is 17.5 Å². The van der Waals surface area contributed by atoms with Crippen molar-refractivity contribution >= 4 is 45.1 Å². The molecule has 6 heteroatoms. The first-order valence-electron chi connectivity index (χ1n) is 7.47. The molecule has 0 saturated heterocycles. The summed E-state index contributed by atoms with van der Waals surface area (Å²) in [5.74, 6) is 2.83. The van der Waals surface area contributed by atoms with Gasteiger partial charge in [0.15, 0.2) is 0 Å². The molecular formula is C15H24N4S2. The van der Waals surface area contributed by atoms with Crippen LogP contribution < -0.4 is 10.6 Å². The Labute approximate surface area is 135 Å². The molecule has 21 heavy (non-hydrogen) atoms. The second-order valence-electron chi connectivity index (χ2n) is 5.04. The van der Waals surface area contributed by atoms with Crippen LogP contribution in [0.2, 0.25) is 0 Å². The molecule has 0 aliphatic carbocycles. The SMILES string of the molecule is CCNc1nc(NC(C)CCSC)c2cc(CC)sc2n1. The predicted molar refractivity (Wildman–Crippen MR) is 97.0 cm³/mol. The minimum absolute atomic E-state index is 0.412. The van der Waals surface area contributed by atoms with Crippen LogP contribution in [0.15, 0.2) is 6.07 Å². The Morgan fingerprint density at radius 3 is 2.81 bits per heavy atom. The van der Waals surface area contributed by atoms with Crippen molar-refractivity contribution in [1.29, 1.82) is 0 Å². The van der Waals surface area contributed by atoms with Crippen molar-refractivity contribution in [2.45, 2.75) is 39.7 Å². The fourth-order valence-electron chi connectivity index (χ4n) is 2.09. The van der Waals surface area contributed by atoms with E-state index in [2.05, 4.69) is 53.7 Å². The fourth-order valence-corrected chi connectivity index (χ4v) is 3.65. The first-order chi connectivity index (χ1) is 10.2. The van der Waals surface area contributed by atoms with E-state index in [1.807, 2.05) is 11.8 Å². The molecule has 0 spiro atoms. The number of fused-ring (bicyclic) bond motifs is 1. The van der Waals surface area contributed by atoms with Gasteiger partial charge in [-0.25, -0.2) is 4.98 Å². The van der Waals surface area contributed by atoms with Gasteiger partial charge in [0.1, 0.15) is 10.6 Å². The molecule has 0 aliphatic rings. The number of aryl methyl sites for hydroxylation is 1. The summed E-state index contributed by atoms with van der Waals surface area (Å²) in [5, 5.41) is 7.93. The molecular weight excluding hydrogens is 300 g/mol. The second kappa shape index (κ2) is 7.84. The van der Waals surface area contributed by atoms with Gasteiger partial charge in [-0.05, 0) is 44.8 Å². The van der Waals surface area contributed by atoms with E-state index in [0.717, 1.165) is 41.2 Å². The minimum atomic E-state index is 0.412. The molecule has 0 aliphatic heterocycles. The van der Waals surface area contributed by atoms with Gasteiger partial charge in [0.05, 0.1) is 5.39 Å². The number of nitrogens with one attached hydrogen (secondary N) is 2. The van der Waals surface area contributed by atoms with Crippen LogP contribution in [0.25, 0.3) is 10.2 Å². The van der Waals surface area contributed by atoms with E-state index in [1.54, 1.807) is 11.3 Å². The molecule has 2 rings (SSSR count). The highest BCUT2D eigenvalue weighted by atomic mass is 32.2. The summed E-state index contributed by atoms with van der Waals surface area (Å²) in [6.07, 6.45) is 4.32. The Bertz CT molecular complexity index is 582. The zero-order chi connectivity index (χ0) is 15.2. The quantitative estimate of drug-likeness (QED) is 0.760. The average molecular weight is 325 g/mol. The van der Waals surface area contributed by atoms with E-state index in [1.165, 1.54) is 4.88 Å².